The Labute approximate surface area is 162 Å². The van der Waals surface area contributed by atoms with E-state index >= 15 is 0 Å². The number of sulfonamides is 1. The van der Waals surface area contributed by atoms with E-state index < -0.39 is 10.0 Å². The van der Waals surface area contributed by atoms with Gasteiger partial charge in [-0.3, -0.25) is 4.90 Å². The summed E-state index contributed by atoms with van der Waals surface area (Å²) in [6.45, 7) is 3.77. The molecule has 3 aliphatic rings. The normalized spacial score (nSPS) is 31.0. The number of likely N-dealkylation sites (tertiary alicyclic amines) is 1. The van der Waals surface area contributed by atoms with Crippen molar-refractivity contribution in [3.63, 3.8) is 0 Å². The Morgan fingerprint density at radius 2 is 1.62 bits per heavy atom. The third-order valence-corrected chi connectivity index (χ3v) is 8.62. The van der Waals surface area contributed by atoms with E-state index in [2.05, 4.69) is 4.90 Å². The molecule has 0 aromatic heterocycles. The van der Waals surface area contributed by atoms with Gasteiger partial charge >= 0.3 is 0 Å². The molecule has 2 heterocycles. The third-order valence-electron chi connectivity index (χ3n) is 6.49. The maximum atomic E-state index is 13.1. The van der Waals surface area contributed by atoms with Crippen LogP contribution in [0.3, 0.4) is 0 Å². The van der Waals surface area contributed by atoms with Crippen LogP contribution in [-0.4, -0.2) is 49.8 Å². The van der Waals surface area contributed by atoms with E-state index in [1.54, 1.807) is 10.4 Å². The summed E-state index contributed by atoms with van der Waals surface area (Å²) in [4.78, 5) is 2.68. The van der Waals surface area contributed by atoms with Crippen LogP contribution < -0.4 is 0 Å². The zero-order valence-corrected chi connectivity index (χ0v) is 16.9. The largest absolute Gasteiger partial charge is 0.300 e. The van der Waals surface area contributed by atoms with Gasteiger partial charge in [0, 0.05) is 24.2 Å². The molecule has 3 fully saturated rings. The number of nitrogens with zero attached hydrogens (tertiary/aromatic N) is 2. The van der Waals surface area contributed by atoms with Crippen molar-refractivity contribution in [1.29, 1.82) is 0 Å². The molecule has 2 saturated heterocycles. The molecule has 144 valence electrons. The van der Waals surface area contributed by atoms with Gasteiger partial charge in [-0.05, 0) is 62.2 Å². The van der Waals surface area contributed by atoms with Gasteiger partial charge in [-0.2, -0.15) is 0 Å². The molecule has 6 heteroatoms. The zero-order valence-electron chi connectivity index (χ0n) is 15.3. The van der Waals surface area contributed by atoms with Crippen molar-refractivity contribution >= 4 is 21.6 Å². The summed E-state index contributed by atoms with van der Waals surface area (Å²) in [6, 6.07) is 7.88. The van der Waals surface area contributed by atoms with Crippen molar-refractivity contribution in [1.82, 2.24) is 9.21 Å². The average Bonchev–Trinajstić information content (AvgIpc) is 2.63. The summed E-state index contributed by atoms with van der Waals surface area (Å²) in [7, 11) is -3.32. The van der Waals surface area contributed by atoms with E-state index in [9.17, 15) is 8.42 Å². The van der Waals surface area contributed by atoms with Gasteiger partial charge in [-0.25, -0.2) is 12.7 Å². The van der Waals surface area contributed by atoms with E-state index in [4.69, 9.17) is 11.6 Å². The number of fused-ring (bicyclic) bond motifs is 2. The van der Waals surface area contributed by atoms with Gasteiger partial charge in [0.15, 0.2) is 0 Å². The van der Waals surface area contributed by atoms with Crippen molar-refractivity contribution in [3.8, 4) is 0 Å². The van der Waals surface area contributed by atoms with Gasteiger partial charge < -0.3 is 0 Å². The molecule has 26 heavy (non-hydrogen) atoms. The van der Waals surface area contributed by atoms with Gasteiger partial charge in [0.25, 0.3) is 0 Å². The first-order valence-corrected chi connectivity index (χ1v) is 12.0. The molecular formula is C20H29ClN2O2S. The second kappa shape index (κ2) is 7.78. The average molecular weight is 397 g/mol. The molecule has 1 aromatic rings. The molecule has 2 atom stereocenters. The lowest BCUT2D eigenvalue weighted by Gasteiger charge is -2.52. The first kappa shape index (κ1) is 18.7. The first-order valence-electron chi connectivity index (χ1n) is 10.00. The van der Waals surface area contributed by atoms with Crippen LogP contribution in [0, 0.1) is 11.8 Å². The highest BCUT2D eigenvalue weighted by Crippen LogP contribution is 2.40. The van der Waals surface area contributed by atoms with Gasteiger partial charge in [0.1, 0.15) is 0 Å². The lowest BCUT2D eigenvalue weighted by Crippen LogP contribution is -2.60. The molecule has 2 bridgehead atoms. The Morgan fingerprint density at radius 1 is 0.962 bits per heavy atom. The first-order chi connectivity index (χ1) is 12.5. The van der Waals surface area contributed by atoms with Crippen LogP contribution in [0.1, 0.15) is 44.1 Å². The molecule has 1 saturated carbocycles. The molecule has 0 N–H and O–H groups in total. The topological polar surface area (TPSA) is 40.6 Å². The Bertz CT molecular complexity index is 719. The van der Waals surface area contributed by atoms with Gasteiger partial charge in [0.05, 0.1) is 5.75 Å². The number of benzene rings is 1. The van der Waals surface area contributed by atoms with Gasteiger partial charge in [-0.1, -0.05) is 42.6 Å². The lowest BCUT2D eigenvalue weighted by molar-refractivity contribution is -0.00315. The van der Waals surface area contributed by atoms with Crippen molar-refractivity contribution in [2.24, 2.45) is 11.8 Å². The molecule has 1 aliphatic carbocycles. The molecule has 2 aliphatic heterocycles. The minimum atomic E-state index is -3.32. The summed E-state index contributed by atoms with van der Waals surface area (Å²) >= 11 is 6.20. The second-order valence-corrected chi connectivity index (χ2v) is 10.6. The van der Waals surface area contributed by atoms with Gasteiger partial charge in [0.2, 0.25) is 10.0 Å². The maximum absolute atomic E-state index is 13.1. The number of hydrogen-bond acceptors (Lipinski definition) is 3. The maximum Gasteiger partial charge on any atom is 0.218 e. The smallest absolute Gasteiger partial charge is 0.218 e. The summed E-state index contributed by atoms with van der Waals surface area (Å²) in [5.74, 6) is 0.990. The fraction of sp³-hybridized carbons (Fsp3) is 0.700. The summed E-state index contributed by atoms with van der Waals surface area (Å²) < 4.78 is 27.9. The molecular weight excluding hydrogens is 368 g/mol. The molecule has 1 aromatic carbocycles. The van der Waals surface area contributed by atoms with Crippen molar-refractivity contribution in [2.75, 3.05) is 26.2 Å². The molecule has 0 amide bonds. The zero-order chi connectivity index (χ0) is 18.1. The van der Waals surface area contributed by atoms with Crippen LogP contribution in [0.2, 0.25) is 5.02 Å². The van der Waals surface area contributed by atoms with Crippen molar-refractivity contribution in [3.05, 3.63) is 34.9 Å². The molecule has 4 rings (SSSR count). The SMILES string of the molecule is O=S(=O)(Cc1ccccc1Cl)N1CC2CCCC(C1)C2N1CCCCC1. The lowest BCUT2D eigenvalue weighted by atomic mass is 9.73. The predicted molar refractivity (Wildman–Crippen MR) is 106 cm³/mol. The summed E-state index contributed by atoms with van der Waals surface area (Å²) in [5, 5.41) is 0.541. The summed E-state index contributed by atoms with van der Waals surface area (Å²) in [5.41, 5.74) is 0.706. The van der Waals surface area contributed by atoms with Crippen LogP contribution in [0.25, 0.3) is 0 Å². The Hall–Kier alpha value is -0.620. The Balaban J connectivity index is 1.50. The van der Waals surface area contributed by atoms with Crippen LogP contribution in [0.4, 0.5) is 0 Å². The van der Waals surface area contributed by atoms with E-state index in [0.29, 0.717) is 41.6 Å². The van der Waals surface area contributed by atoms with Crippen molar-refractivity contribution < 1.29 is 8.42 Å². The Kier molecular flexibility index (Phi) is 5.61. The van der Waals surface area contributed by atoms with Crippen molar-refractivity contribution in [2.45, 2.75) is 50.3 Å². The van der Waals surface area contributed by atoms with Crippen LogP contribution in [0.15, 0.2) is 24.3 Å². The minimum absolute atomic E-state index is 0.0144. The third kappa shape index (κ3) is 3.82. The minimum Gasteiger partial charge on any atom is -0.300 e. The van der Waals surface area contributed by atoms with E-state index in [1.807, 2.05) is 18.2 Å². The van der Waals surface area contributed by atoms with Crippen LogP contribution >= 0.6 is 11.6 Å². The number of halogens is 1. The Morgan fingerprint density at radius 3 is 2.27 bits per heavy atom. The number of piperidine rings is 2. The second-order valence-electron chi connectivity index (χ2n) is 8.20. The van der Waals surface area contributed by atoms with Crippen LogP contribution in [0.5, 0.6) is 0 Å². The van der Waals surface area contributed by atoms with Crippen LogP contribution in [-0.2, 0) is 15.8 Å². The molecule has 2 unspecified atom stereocenters. The number of hydrogen-bond donors (Lipinski definition) is 0. The predicted octanol–water partition coefficient (Wildman–Crippen LogP) is 3.76. The molecule has 0 spiro atoms. The fourth-order valence-corrected chi connectivity index (χ4v) is 7.25. The quantitative estimate of drug-likeness (QED) is 0.778. The highest BCUT2D eigenvalue weighted by atomic mass is 35.5. The van der Waals surface area contributed by atoms with E-state index in [1.165, 1.54) is 38.8 Å². The highest BCUT2D eigenvalue weighted by Gasteiger charge is 2.45. The monoisotopic (exact) mass is 396 g/mol. The standard InChI is InChI=1S/C20H29ClN2O2S/c21-19-10-3-2-7-18(19)15-26(24,25)23-13-16-8-6-9-17(14-23)20(16)22-11-4-1-5-12-22/h2-3,7,10,16-17,20H,1,4-6,8-9,11-15H2. The highest BCUT2D eigenvalue weighted by molar-refractivity contribution is 7.88. The van der Waals surface area contributed by atoms with E-state index in [0.717, 1.165) is 12.8 Å². The van der Waals surface area contributed by atoms with Gasteiger partial charge in [-0.15, -0.1) is 0 Å². The summed E-state index contributed by atoms with van der Waals surface area (Å²) in [6.07, 6.45) is 7.51. The molecule has 0 radical (unpaired) electrons. The number of rotatable bonds is 4. The fourth-order valence-electron chi connectivity index (χ4n) is 5.31. The van der Waals surface area contributed by atoms with E-state index in [-0.39, 0.29) is 5.75 Å². The molecule has 4 nitrogen and oxygen atoms in total.